The first-order valence-electron chi connectivity index (χ1n) is 7.82. The van der Waals surface area contributed by atoms with Crippen LogP contribution in [-0.4, -0.2) is 10.9 Å². The Balaban J connectivity index is 1.78. The molecule has 0 aliphatic rings. The third kappa shape index (κ3) is 3.17. The van der Waals surface area contributed by atoms with E-state index < -0.39 is 0 Å². The maximum atomic E-state index is 12.9. The van der Waals surface area contributed by atoms with Crippen molar-refractivity contribution < 1.29 is 9.21 Å². The van der Waals surface area contributed by atoms with Crippen molar-refractivity contribution in [2.75, 3.05) is 5.32 Å². The average Bonchev–Trinajstić information content (AvgIpc) is 3.18. The number of amides is 1. The van der Waals surface area contributed by atoms with Crippen molar-refractivity contribution in [2.45, 2.75) is 0 Å². The molecule has 128 valence electrons. The Bertz CT molecular complexity index is 1110. The Labute approximate surface area is 159 Å². The molecular weight excluding hydrogens is 371 g/mol. The second-order valence-corrected chi connectivity index (χ2v) is 6.45. The molecule has 0 bridgehead atoms. The lowest BCUT2D eigenvalue weighted by Gasteiger charge is -2.10. The smallest absolute Gasteiger partial charge is 0.256 e. The van der Waals surface area contributed by atoms with Gasteiger partial charge in [-0.15, -0.1) is 0 Å². The Morgan fingerprint density at radius 1 is 0.962 bits per heavy atom. The molecule has 0 saturated carbocycles. The summed E-state index contributed by atoms with van der Waals surface area (Å²) in [5.74, 6) is 0.328. The third-order valence-electron chi connectivity index (χ3n) is 3.91. The number of benzene rings is 2. The summed E-state index contributed by atoms with van der Waals surface area (Å²) >= 11 is 12.0. The molecule has 4 nitrogen and oxygen atoms in total. The first-order chi connectivity index (χ1) is 12.6. The third-order valence-corrected chi connectivity index (χ3v) is 4.65. The summed E-state index contributed by atoms with van der Waals surface area (Å²) in [5, 5.41) is 4.41. The van der Waals surface area contributed by atoms with Crippen LogP contribution >= 0.6 is 23.2 Å². The van der Waals surface area contributed by atoms with Gasteiger partial charge in [-0.05, 0) is 42.5 Å². The number of para-hydroxylation sites is 1. The van der Waals surface area contributed by atoms with Gasteiger partial charge in [-0.3, -0.25) is 4.79 Å². The van der Waals surface area contributed by atoms with E-state index in [0.717, 1.165) is 5.39 Å². The molecule has 2 heterocycles. The van der Waals surface area contributed by atoms with Crippen LogP contribution in [0.1, 0.15) is 10.4 Å². The molecule has 0 fully saturated rings. The van der Waals surface area contributed by atoms with E-state index in [9.17, 15) is 4.79 Å². The number of halogens is 2. The number of fused-ring (bicyclic) bond motifs is 1. The quantitative estimate of drug-likeness (QED) is 0.468. The van der Waals surface area contributed by atoms with E-state index in [2.05, 4.69) is 10.3 Å². The summed E-state index contributed by atoms with van der Waals surface area (Å²) in [7, 11) is 0. The normalized spacial score (nSPS) is 10.8. The van der Waals surface area contributed by atoms with E-state index in [1.807, 2.05) is 24.3 Å². The molecule has 26 heavy (non-hydrogen) atoms. The lowest BCUT2D eigenvalue weighted by molar-refractivity contribution is 0.102. The summed E-state index contributed by atoms with van der Waals surface area (Å²) in [6.45, 7) is 0. The van der Waals surface area contributed by atoms with Crippen molar-refractivity contribution in [2.24, 2.45) is 0 Å². The molecule has 0 spiro atoms. The fourth-order valence-corrected chi connectivity index (χ4v) is 2.98. The molecule has 4 rings (SSSR count). The fourth-order valence-electron chi connectivity index (χ4n) is 2.69. The number of nitrogens with zero attached hydrogens (tertiary/aromatic N) is 1. The second-order valence-electron chi connectivity index (χ2n) is 5.63. The number of rotatable bonds is 3. The first-order valence-corrected chi connectivity index (χ1v) is 8.57. The highest BCUT2D eigenvalue weighted by Crippen LogP contribution is 2.28. The molecular formula is C20H12Cl2N2O2. The predicted molar refractivity (Wildman–Crippen MR) is 104 cm³/mol. The molecule has 1 N–H and O–H groups in total. The number of anilines is 1. The minimum absolute atomic E-state index is 0.269. The fraction of sp³-hybridized carbons (Fsp3) is 0. The van der Waals surface area contributed by atoms with E-state index in [1.165, 1.54) is 0 Å². The number of aromatic nitrogens is 1. The van der Waals surface area contributed by atoms with Gasteiger partial charge in [0.1, 0.15) is 5.69 Å². The number of pyridine rings is 1. The van der Waals surface area contributed by atoms with Crippen LogP contribution in [0.5, 0.6) is 0 Å². The van der Waals surface area contributed by atoms with Crippen LogP contribution in [0, 0.1) is 0 Å². The van der Waals surface area contributed by atoms with E-state index in [-0.39, 0.29) is 5.91 Å². The molecule has 6 heteroatoms. The van der Waals surface area contributed by atoms with E-state index >= 15 is 0 Å². The number of hydrogen-bond acceptors (Lipinski definition) is 3. The molecule has 4 aromatic rings. The number of nitrogens with one attached hydrogen (secondary N) is 1. The van der Waals surface area contributed by atoms with Gasteiger partial charge in [-0.2, -0.15) is 0 Å². The Hall–Kier alpha value is -2.82. The molecule has 0 aliphatic heterocycles. The number of hydrogen-bond donors (Lipinski definition) is 1. The van der Waals surface area contributed by atoms with Crippen LogP contribution in [0.4, 0.5) is 5.69 Å². The summed E-state index contributed by atoms with van der Waals surface area (Å²) in [6.07, 6.45) is 1.57. The SMILES string of the molecule is O=C(Nc1ccc(Cl)c(Cl)c1)c1cc(-c2ccco2)nc2ccccc12. The second kappa shape index (κ2) is 6.83. The largest absolute Gasteiger partial charge is 0.463 e. The van der Waals surface area contributed by atoms with E-state index in [0.29, 0.717) is 38.3 Å². The van der Waals surface area contributed by atoms with Gasteiger partial charge in [0.2, 0.25) is 0 Å². The van der Waals surface area contributed by atoms with E-state index in [1.54, 1.807) is 42.7 Å². The minimum atomic E-state index is -0.269. The van der Waals surface area contributed by atoms with Gasteiger partial charge in [-0.25, -0.2) is 4.98 Å². The zero-order valence-corrected chi connectivity index (χ0v) is 14.9. The van der Waals surface area contributed by atoms with Crippen LogP contribution in [-0.2, 0) is 0 Å². The standard InChI is InChI=1S/C20H12Cl2N2O2/c21-15-8-7-12(10-16(15)22)23-20(25)14-11-18(19-6-3-9-26-19)24-17-5-2-1-4-13(14)17/h1-11H,(H,23,25). The summed E-state index contributed by atoms with van der Waals surface area (Å²) in [5.41, 5.74) is 2.35. The van der Waals surface area contributed by atoms with Gasteiger partial charge in [-0.1, -0.05) is 41.4 Å². The summed E-state index contributed by atoms with van der Waals surface area (Å²) in [4.78, 5) is 17.5. The molecule has 0 atom stereocenters. The Morgan fingerprint density at radius 2 is 1.81 bits per heavy atom. The van der Waals surface area contributed by atoms with Crippen molar-refractivity contribution in [1.29, 1.82) is 0 Å². The van der Waals surface area contributed by atoms with Crippen LogP contribution in [0.25, 0.3) is 22.4 Å². The minimum Gasteiger partial charge on any atom is -0.463 e. The number of furan rings is 1. The Morgan fingerprint density at radius 3 is 2.58 bits per heavy atom. The van der Waals surface area contributed by atoms with Gasteiger partial charge in [0, 0.05) is 11.1 Å². The highest BCUT2D eigenvalue weighted by Gasteiger charge is 2.15. The molecule has 0 aliphatic carbocycles. The lowest BCUT2D eigenvalue weighted by Crippen LogP contribution is -2.13. The number of carbonyl (C=O) groups is 1. The number of carbonyl (C=O) groups excluding carboxylic acids is 1. The highest BCUT2D eigenvalue weighted by atomic mass is 35.5. The van der Waals surface area contributed by atoms with Gasteiger partial charge in [0.25, 0.3) is 5.91 Å². The molecule has 1 amide bonds. The van der Waals surface area contributed by atoms with Crippen LogP contribution in [0.3, 0.4) is 0 Å². The zero-order chi connectivity index (χ0) is 18.1. The van der Waals surface area contributed by atoms with Crippen molar-refractivity contribution in [3.8, 4) is 11.5 Å². The van der Waals surface area contributed by atoms with Crippen molar-refractivity contribution >= 4 is 45.7 Å². The van der Waals surface area contributed by atoms with Crippen LogP contribution in [0.2, 0.25) is 10.0 Å². The molecule has 0 radical (unpaired) electrons. The molecule has 0 saturated heterocycles. The molecule has 0 unspecified atom stereocenters. The van der Waals surface area contributed by atoms with Gasteiger partial charge in [0.05, 0.1) is 27.4 Å². The molecule has 2 aromatic carbocycles. The van der Waals surface area contributed by atoms with Crippen LogP contribution < -0.4 is 5.32 Å². The van der Waals surface area contributed by atoms with Gasteiger partial charge in [0.15, 0.2) is 5.76 Å². The highest BCUT2D eigenvalue weighted by molar-refractivity contribution is 6.42. The maximum Gasteiger partial charge on any atom is 0.256 e. The van der Waals surface area contributed by atoms with Crippen molar-refractivity contribution in [1.82, 2.24) is 4.98 Å². The summed E-state index contributed by atoms with van der Waals surface area (Å²) in [6, 6.07) is 17.7. The lowest BCUT2D eigenvalue weighted by atomic mass is 10.1. The van der Waals surface area contributed by atoms with E-state index in [4.69, 9.17) is 27.6 Å². The van der Waals surface area contributed by atoms with Gasteiger partial charge < -0.3 is 9.73 Å². The predicted octanol–water partition coefficient (Wildman–Crippen LogP) is 6.05. The first kappa shape index (κ1) is 16.6. The van der Waals surface area contributed by atoms with Gasteiger partial charge >= 0.3 is 0 Å². The maximum absolute atomic E-state index is 12.9. The van der Waals surface area contributed by atoms with Crippen molar-refractivity contribution in [3.63, 3.8) is 0 Å². The van der Waals surface area contributed by atoms with Crippen LogP contribution in [0.15, 0.2) is 71.3 Å². The molecule has 2 aromatic heterocycles. The van der Waals surface area contributed by atoms with Crippen molar-refractivity contribution in [3.05, 3.63) is 82.5 Å². The topological polar surface area (TPSA) is 55.1 Å². The monoisotopic (exact) mass is 382 g/mol. The average molecular weight is 383 g/mol. The Kier molecular flexibility index (Phi) is 4.37. The summed E-state index contributed by atoms with van der Waals surface area (Å²) < 4.78 is 5.42. The zero-order valence-electron chi connectivity index (χ0n) is 13.4.